The van der Waals surface area contributed by atoms with Crippen molar-refractivity contribution in [1.82, 2.24) is 30.0 Å². The highest BCUT2D eigenvalue weighted by Gasteiger charge is 2.23. The molecule has 0 radical (unpaired) electrons. The third kappa shape index (κ3) is 5.76. The summed E-state index contributed by atoms with van der Waals surface area (Å²) in [5.41, 5.74) is 5.15. The van der Waals surface area contributed by atoms with Gasteiger partial charge in [-0.1, -0.05) is 19.6 Å². The minimum absolute atomic E-state index is 0.269. The van der Waals surface area contributed by atoms with Crippen molar-refractivity contribution in [3.63, 3.8) is 0 Å². The van der Waals surface area contributed by atoms with Gasteiger partial charge in [0.25, 0.3) is 0 Å². The van der Waals surface area contributed by atoms with Gasteiger partial charge in [-0.15, -0.1) is 0 Å². The smallest absolute Gasteiger partial charge is 0.247 e. The van der Waals surface area contributed by atoms with Gasteiger partial charge >= 0.3 is 0 Å². The Balaban J connectivity index is 1.46. The van der Waals surface area contributed by atoms with Gasteiger partial charge in [-0.2, -0.15) is 5.10 Å². The van der Waals surface area contributed by atoms with E-state index in [9.17, 15) is 4.79 Å². The van der Waals surface area contributed by atoms with Crippen LogP contribution in [0.3, 0.4) is 0 Å². The van der Waals surface area contributed by atoms with Crippen LogP contribution >= 0.6 is 0 Å². The first-order valence-corrected chi connectivity index (χ1v) is 13.1. The summed E-state index contributed by atoms with van der Waals surface area (Å²) < 4.78 is 7.62. The van der Waals surface area contributed by atoms with E-state index in [4.69, 9.17) is 4.74 Å². The Kier molecular flexibility index (Phi) is 7.85. The molecule has 0 aliphatic carbocycles. The molecule has 1 unspecified atom stereocenters. The molecule has 3 heterocycles. The normalized spacial score (nSPS) is 15.7. The summed E-state index contributed by atoms with van der Waals surface area (Å²) in [7, 11) is 3.56. The summed E-state index contributed by atoms with van der Waals surface area (Å²) >= 11 is 0. The van der Waals surface area contributed by atoms with Crippen LogP contribution in [0.25, 0.3) is 22.2 Å². The average Bonchev–Trinajstić information content (AvgIpc) is 3.34. The quantitative estimate of drug-likeness (QED) is 0.280. The van der Waals surface area contributed by atoms with Crippen LogP contribution in [0.4, 0.5) is 17.2 Å². The first-order chi connectivity index (χ1) is 19.0. The Labute approximate surface area is 228 Å². The summed E-state index contributed by atoms with van der Waals surface area (Å²) in [6.07, 6.45) is 5.69. The monoisotopic (exact) mass is 526 g/mol. The molecule has 39 heavy (non-hydrogen) atoms. The number of hydrogen-bond donors (Lipinski definition) is 3. The van der Waals surface area contributed by atoms with Gasteiger partial charge in [0.15, 0.2) is 0 Å². The van der Waals surface area contributed by atoms with Gasteiger partial charge in [-0.25, -0.2) is 9.97 Å². The summed E-state index contributed by atoms with van der Waals surface area (Å²) in [6, 6.07) is 12.3. The van der Waals surface area contributed by atoms with Crippen LogP contribution in [0.1, 0.15) is 18.9 Å². The Morgan fingerprint density at radius 1 is 1.23 bits per heavy atom. The molecule has 1 amide bonds. The highest BCUT2D eigenvalue weighted by Crippen LogP contribution is 2.35. The molecule has 1 saturated heterocycles. The van der Waals surface area contributed by atoms with Crippen LogP contribution < -0.4 is 20.7 Å². The molecule has 0 spiro atoms. The van der Waals surface area contributed by atoms with Crippen molar-refractivity contribution in [3.05, 3.63) is 67.1 Å². The van der Waals surface area contributed by atoms with Crippen LogP contribution in [-0.4, -0.2) is 63.3 Å². The second-order valence-corrected chi connectivity index (χ2v) is 9.59. The molecule has 5 rings (SSSR count). The van der Waals surface area contributed by atoms with Crippen molar-refractivity contribution < 1.29 is 9.53 Å². The number of nitrogens with one attached hydrogen (secondary N) is 3. The zero-order valence-electron chi connectivity index (χ0n) is 22.6. The molecule has 4 aromatic rings. The highest BCUT2D eigenvalue weighted by molar-refractivity contribution is 6.00. The van der Waals surface area contributed by atoms with E-state index in [1.807, 2.05) is 48.3 Å². The number of amides is 1. The number of methoxy groups -OCH3 is 1. The second-order valence-electron chi connectivity index (χ2n) is 9.59. The molecule has 0 saturated carbocycles. The lowest BCUT2D eigenvalue weighted by Crippen LogP contribution is -2.50. The molecule has 10 heteroatoms. The lowest BCUT2D eigenvalue weighted by molar-refractivity contribution is -0.111. The zero-order valence-corrected chi connectivity index (χ0v) is 22.6. The number of fused-ring (bicyclic) bond motifs is 1. The van der Waals surface area contributed by atoms with Crippen molar-refractivity contribution in [2.45, 2.75) is 25.9 Å². The van der Waals surface area contributed by atoms with E-state index in [1.165, 1.54) is 12.4 Å². The molecule has 2 aromatic heterocycles. The molecular weight excluding hydrogens is 492 g/mol. The van der Waals surface area contributed by atoms with E-state index in [2.05, 4.69) is 55.5 Å². The number of benzene rings is 2. The van der Waals surface area contributed by atoms with Gasteiger partial charge in [0.1, 0.15) is 17.9 Å². The average molecular weight is 527 g/mol. The number of rotatable bonds is 9. The number of piperazine rings is 1. The molecule has 10 nitrogen and oxygen atoms in total. The van der Waals surface area contributed by atoms with Gasteiger partial charge < -0.3 is 20.7 Å². The standard InChI is InChI=1S/C29H34N8O2/c1-5-22-16-30-9-10-37(22)17-21-12-27(39-4)25(13-24(21)35-29(38)6-2)34-28-14-23(31-18-32-28)19-7-8-26-20(11-19)15-33-36(26)3/h6-8,11-15,18,22,30H,2,5,9-10,16-17H2,1,3-4H3,(H,35,38)(H,31,32,34). The van der Waals surface area contributed by atoms with Crippen LogP contribution in [0, 0.1) is 0 Å². The van der Waals surface area contributed by atoms with Gasteiger partial charge in [0.2, 0.25) is 5.91 Å². The van der Waals surface area contributed by atoms with Crippen molar-refractivity contribution in [2.24, 2.45) is 7.05 Å². The molecular formula is C29H34N8O2. The third-order valence-electron chi connectivity index (χ3n) is 7.16. The van der Waals surface area contributed by atoms with Crippen molar-refractivity contribution >= 4 is 34.0 Å². The van der Waals surface area contributed by atoms with E-state index in [1.54, 1.807) is 7.11 Å². The SMILES string of the molecule is C=CC(=O)Nc1cc(Nc2cc(-c3ccc4c(cnn4C)c3)ncn2)c(OC)cc1CN1CCNCC1CC. The van der Waals surface area contributed by atoms with Crippen LogP contribution in [0.2, 0.25) is 0 Å². The zero-order chi connectivity index (χ0) is 27.4. The number of ether oxygens (including phenoxy) is 1. The second kappa shape index (κ2) is 11.6. The first-order valence-electron chi connectivity index (χ1n) is 13.1. The largest absolute Gasteiger partial charge is 0.495 e. The van der Waals surface area contributed by atoms with E-state index < -0.39 is 0 Å². The van der Waals surface area contributed by atoms with E-state index in [0.29, 0.717) is 35.5 Å². The molecule has 1 aliphatic rings. The first kappa shape index (κ1) is 26.3. The summed E-state index contributed by atoms with van der Waals surface area (Å²) in [5.74, 6) is 0.989. The minimum atomic E-state index is -0.269. The Morgan fingerprint density at radius 3 is 2.90 bits per heavy atom. The summed E-state index contributed by atoms with van der Waals surface area (Å²) in [4.78, 5) is 23.7. The van der Waals surface area contributed by atoms with Crippen molar-refractivity contribution in [3.8, 4) is 17.0 Å². The highest BCUT2D eigenvalue weighted by atomic mass is 16.5. The molecule has 1 atom stereocenters. The molecule has 1 fully saturated rings. The fraction of sp³-hybridized carbons (Fsp3) is 0.310. The van der Waals surface area contributed by atoms with Gasteiger partial charge in [-0.3, -0.25) is 14.4 Å². The topological polar surface area (TPSA) is 109 Å². The molecule has 2 aromatic carbocycles. The van der Waals surface area contributed by atoms with Gasteiger partial charge in [0.05, 0.1) is 30.2 Å². The maximum atomic E-state index is 12.3. The maximum Gasteiger partial charge on any atom is 0.247 e. The lowest BCUT2D eigenvalue weighted by atomic mass is 10.1. The van der Waals surface area contributed by atoms with Gasteiger partial charge in [-0.05, 0) is 42.3 Å². The van der Waals surface area contributed by atoms with E-state index in [-0.39, 0.29) is 5.91 Å². The minimum Gasteiger partial charge on any atom is -0.495 e. The predicted octanol–water partition coefficient (Wildman–Crippen LogP) is 4.09. The van der Waals surface area contributed by atoms with Crippen LogP contribution in [0.15, 0.2) is 61.6 Å². The van der Waals surface area contributed by atoms with Gasteiger partial charge in [0, 0.05) is 62.0 Å². The molecule has 0 bridgehead atoms. The van der Waals surface area contributed by atoms with Crippen LogP contribution in [-0.2, 0) is 18.4 Å². The number of aromatic nitrogens is 4. The predicted molar refractivity (Wildman–Crippen MR) is 154 cm³/mol. The van der Waals surface area contributed by atoms with E-state index >= 15 is 0 Å². The fourth-order valence-corrected chi connectivity index (χ4v) is 5.00. The van der Waals surface area contributed by atoms with Crippen molar-refractivity contribution in [2.75, 3.05) is 37.4 Å². The third-order valence-corrected chi connectivity index (χ3v) is 7.16. The number of hydrogen-bond acceptors (Lipinski definition) is 8. The fourth-order valence-electron chi connectivity index (χ4n) is 5.00. The van der Waals surface area contributed by atoms with Crippen LogP contribution in [0.5, 0.6) is 5.75 Å². The number of carbonyl (C=O) groups excluding carboxylic acids is 1. The number of carbonyl (C=O) groups is 1. The Morgan fingerprint density at radius 2 is 2.10 bits per heavy atom. The number of nitrogens with zero attached hydrogens (tertiary/aromatic N) is 5. The molecule has 3 N–H and O–H groups in total. The molecule has 1 aliphatic heterocycles. The van der Waals surface area contributed by atoms with E-state index in [0.717, 1.165) is 53.8 Å². The number of aryl methyl sites for hydroxylation is 1. The summed E-state index contributed by atoms with van der Waals surface area (Å²) in [5, 5.41) is 15.2. The lowest BCUT2D eigenvalue weighted by Gasteiger charge is -2.36. The number of anilines is 3. The van der Waals surface area contributed by atoms with Crippen molar-refractivity contribution in [1.29, 1.82) is 0 Å². The maximum absolute atomic E-state index is 12.3. The summed E-state index contributed by atoms with van der Waals surface area (Å²) in [6.45, 7) is 9.33. The molecule has 202 valence electrons. The Hall–Kier alpha value is -4.28. The Bertz CT molecular complexity index is 1500.